The third-order valence-corrected chi connectivity index (χ3v) is 3.35. The maximum absolute atomic E-state index is 13.5. The minimum absolute atomic E-state index is 0.0386. The second kappa shape index (κ2) is 6.52. The summed E-state index contributed by atoms with van der Waals surface area (Å²) in [5.74, 6) is -0.947. The highest BCUT2D eigenvalue weighted by molar-refractivity contribution is 9.10. The van der Waals surface area contributed by atoms with Crippen LogP contribution in [0.5, 0.6) is 0 Å². The molecule has 0 radical (unpaired) electrons. The molecule has 104 valence electrons. The van der Waals surface area contributed by atoms with Crippen molar-refractivity contribution in [2.45, 2.75) is 6.42 Å². The first-order chi connectivity index (χ1) is 9.56. The fraction of sp³-hybridized carbons (Fsp3) is 0.133. The minimum Gasteiger partial charge on any atom is -0.399 e. The van der Waals surface area contributed by atoms with Gasteiger partial charge in [0.15, 0.2) is 0 Å². The Balaban J connectivity index is 1.92. The summed E-state index contributed by atoms with van der Waals surface area (Å²) in [4.78, 5) is 11.9. The summed E-state index contributed by atoms with van der Waals surface area (Å²) in [6.07, 6.45) is 0.668. The topological polar surface area (TPSA) is 55.1 Å². The number of nitrogens with one attached hydrogen (secondary N) is 1. The number of amides is 1. The quantitative estimate of drug-likeness (QED) is 0.842. The van der Waals surface area contributed by atoms with Crippen LogP contribution >= 0.6 is 15.9 Å². The second-order valence-corrected chi connectivity index (χ2v) is 5.29. The van der Waals surface area contributed by atoms with Crippen molar-refractivity contribution >= 4 is 27.5 Å². The third-order valence-electron chi connectivity index (χ3n) is 2.85. The van der Waals surface area contributed by atoms with Gasteiger partial charge in [-0.05, 0) is 42.3 Å². The van der Waals surface area contributed by atoms with Crippen LogP contribution in [0.2, 0.25) is 0 Å². The van der Waals surface area contributed by atoms with Crippen LogP contribution in [0.4, 0.5) is 10.1 Å². The number of hydrogen-bond acceptors (Lipinski definition) is 2. The number of anilines is 1. The van der Waals surface area contributed by atoms with Crippen molar-refractivity contribution in [3.8, 4) is 0 Å². The molecule has 0 aromatic heterocycles. The number of carbonyl (C=O) groups is 1. The van der Waals surface area contributed by atoms with E-state index in [-0.39, 0.29) is 5.56 Å². The van der Waals surface area contributed by atoms with E-state index in [9.17, 15) is 9.18 Å². The zero-order valence-corrected chi connectivity index (χ0v) is 12.3. The van der Waals surface area contributed by atoms with Crippen molar-refractivity contribution in [2.75, 3.05) is 12.3 Å². The lowest BCUT2D eigenvalue weighted by molar-refractivity contribution is 0.0950. The van der Waals surface area contributed by atoms with Crippen molar-refractivity contribution in [3.63, 3.8) is 0 Å². The summed E-state index contributed by atoms with van der Waals surface area (Å²) < 4.78 is 14.2. The fourth-order valence-corrected chi connectivity index (χ4v) is 2.13. The summed E-state index contributed by atoms with van der Waals surface area (Å²) in [5, 5.41) is 2.70. The summed E-state index contributed by atoms with van der Waals surface area (Å²) in [6, 6.07) is 11.7. The van der Waals surface area contributed by atoms with E-state index in [0.29, 0.717) is 23.1 Å². The summed E-state index contributed by atoms with van der Waals surface area (Å²) in [6.45, 7) is 0.439. The van der Waals surface area contributed by atoms with Gasteiger partial charge in [-0.1, -0.05) is 28.1 Å². The summed E-state index contributed by atoms with van der Waals surface area (Å²) >= 11 is 3.22. The molecule has 2 aromatic rings. The molecule has 3 nitrogen and oxygen atoms in total. The molecule has 2 aromatic carbocycles. The van der Waals surface area contributed by atoms with Gasteiger partial charge in [0.1, 0.15) is 5.82 Å². The van der Waals surface area contributed by atoms with Crippen LogP contribution in [-0.2, 0) is 6.42 Å². The van der Waals surface area contributed by atoms with Crippen molar-refractivity contribution < 1.29 is 9.18 Å². The zero-order chi connectivity index (χ0) is 14.5. The normalized spacial score (nSPS) is 10.3. The van der Waals surface area contributed by atoms with E-state index >= 15 is 0 Å². The molecular weight excluding hydrogens is 323 g/mol. The number of rotatable bonds is 4. The Morgan fingerprint density at radius 2 is 1.90 bits per heavy atom. The molecule has 1 amide bonds. The third kappa shape index (κ3) is 3.81. The molecule has 0 unspecified atom stereocenters. The molecule has 3 N–H and O–H groups in total. The number of nitrogen functional groups attached to an aromatic ring is 1. The Hall–Kier alpha value is -1.88. The Bertz CT molecular complexity index is 614. The molecule has 20 heavy (non-hydrogen) atoms. The smallest absolute Gasteiger partial charge is 0.254 e. The molecule has 0 aliphatic heterocycles. The van der Waals surface area contributed by atoms with Gasteiger partial charge in [-0.3, -0.25) is 4.79 Å². The lowest BCUT2D eigenvalue weighted by atomic mass is 10.1. The van der Waals surface area contributed by atoms with Gasteiger partial charge in [-0.25, -0.2) is 4.39 Å². The molecule has 0 spiro atoms. The van der Waals surface area contributed by atoms with Crippen LogP contribution in [0.25, 0.3) is 0 Å². The lowest BCUT2D eigenvalue weighted by Gasteiger charge is -2.07. The van der Waals surface area contributed by atoms with Crippen LogP contribution in [-0.4, -0.2) is 12.5 Å². The van der Waals surface area contributed by atoms with E-state index in [1.54, 1.807) is 6.07 Å². The van der Waals surface area contributed by atoms with Crippen molar-refractivity contribution in [3.05, 3.63) is 63.9 Å². The maximum Gasteiger partial charge on any atom is 0.254 e. The van der Waals surface area contributed by atoms with Gasteiger partial charge in [0.05, 0.1) is 5.56 Å². The van der Waals surface area contributed by atoms with Crippen molar-refractivity contribution in [1.82, 2.24) is 5.32 Å². The molecule has 0 fully saturated rings. The van der Waals surface area contributed by atoms with E-state index in [0.717, 1.165) is 5.56 Å². The van der Waals surface area contributed by atoms with Crippen LogP contribution < -0.4 is 11.1 Å². The number of benzene rings is 2. The predicted octanol–water partition coefficient (Wildman–Crippen LogP) is 3.14. The highest BCUT2D eigenvalue weighted by Gasteiger charge is 2.11. The van der Waals surface area contributed by atoms with E-state index in [4.69, 9.17) is 5.73 Å². The van der Waals surface area contributed by atoms with Crippen molar-refractivity contribution in [2.24, 2.45) is 0 Å². The maximum atomic E-state index is 13.5. The first-order valence-corrected chi connectivity index (χ1v) is 6.93. The molecule has 5 heteroatoms. The molecule has 0 bridgehead atoms. The predicted molar refractivity (Wildman–Crippen MR) is 81.0 cm³/mol. The van der Waals surface area contributed by atoms with Crippen molar-refractivity contribution in [1.29, 1.82) is 0 Å². The Kier molecular flexibility index (Phi) is 4.74. The lowest BCUT2D eigenvalue weighted by Crippen LogP contribution is -2.26. The van der Waals surface area contributed by atoms with Crippen LogP contribution in [0.3, 0.4) is 0 Å². The van der Waals surface area contributed by atoms with Crippen LogP contribution in [0, 0.1) is 5.82 Å². The summed E-state index contributed by atoms with van der Waals surface area (Å²) in [7, 11) is 0. The van der Waals surface area contributed by atoms with Gasteiger partial charge < -0.3 is 11.1 Å². The van der Waals surface area contributed by atoms with E-state index in [1.165, 1.54) is 12.1 Å². The monoisotopic (exact) mass is 336 g/mol. The Morgan fingerprint density at radius 1 is 1.20 bits per heavy atom. The number of nitrogens with two attached hydrogens (primary N) is 1. The molecule has 0 atom stereocenters. The van der Waals surface area contributed by atoms with Crippen LogP contribution in [0.15, 0.2) is 46.9 Å². The summed E-state index contributed by atoms with van der Waals surface area (Å²) in [5.41, 5.74) is 7.40. The molecule has 0 saturated carbocycles. The SMILES string of the molecule is Nc1ccc(CCNC(=O)c2cc(Br)ccc2F)cc1. The highest BCUT2D eigenvalue weighted by Crippen LogP contribution is 2.15. The average molecular weight is 337 g/mol. The zero-order valence-electron chi connectivity index (χ0n) is 10.7. The van der Waals surface area contributed by atoms with E-state index in [2.05, 4.69) is 21.2 Å². The van der Waals surface area contributed by atoms with Gasteiger partial charge >= 0.3 is 0 Å². The van der Waals surface area contributed by atoms with E-state index < -0.39 is 11.7 Å². The largest absolute Gasteiger partial charge is 0.399 e. The molecule has 0 aliphatic rings. The van der Waals surface area contributed by atoms with Gasteiger partial charge in [-0.2, -0.15) is 0 Å². The van der Waals surface area contributed by atoms with E-state index in [1.807, 2.05) is 24.3 Å². The fourth-order valence-electron chi connectivity index (χ4n) is 1.77. The second-order valence-electron chi connectivity index (χ2n) is 4.37. The molecule has 2 rings (SSSR count). The number of carbonyl (C=O) groups excluding carboxylic acids is 1. The van der Waals surface area contributed by atoms with Gasteiger partial charge in [0.25, 0.3) is 5.91 Å². The van der Waals surface area contributed by atoms with Gasteiger partial charge in [0.2, 0.25) is 0 Å². The Morgan fingerprint density at radius 3 is 2.60 bits per heavy atom. The number of halogens is 2. The first-order valence-electron chi connectivity index (χ1n) is 6.14. The van der Waals surface area contributed by atoms with Gasteiger partial charge in [-0.15, -0.1) is 0 Å². The van der Waals surface area contributed by atoms with Gasteiger partial charge in [0, 0.05) is 16.7 Å². The average Bonchev–Trinajstić information content (AvgIpc) is 2.43. The molecule has 0 aliphatic carbocycles. The minimum atomic E-state index is -0.529. The standard InChI is InChI=1S/C15H14BrFN2O/c16-11-3-6-14(17)13(9-11)15(20)19-8-7-10-1-4-12(18)5-2-10/h1-6,9H,7-8,18H2,(H,19,20). The van der Waals surface area contributed by atoms with Crippen LogP contribution in [0.1, 0.15) is 15.9 Å². The molecular formula is C15H14BrFN2O. The molecule has 0 saturated heterocycles. The Labute approximate surface area is 125 Å². The first kappa shape index (κ1) is 14.5. The molecule has 0 heterocycles. The highest BCUT2D eigenvalue weighted by atomic mass is 79.9. The number of hydrogen-bond donors (Lipinski definition) is 2.